The van der Waals surface area contributed by atoms with Gasteiger partial charge >= 0.3 is 0 Å². The molecule has 0 aliphatic heterocycles. The van der Waals surface area contributed by atoms with E-state index in [9.17, 15) is 5.11 Å². The van der Waals surface area contributed by atoms with Crippen LogP contribution in [-0.2, 0) is 0 Å². The number of hydrogen-bond acceptors (Lipinski definition) is 2. The number of aliphatic hydroxyl groups is 1. The lowest BCUT2D eigenvalue weighted by Gasteiger charge is -2.36. The topological polar surface area (TPSA) is 23.5 Å². The molecule has 1 N–H and O–H groups in total. The first-order valence-corrected chi connectivity index (χ1v) is 7.94. The minimum absolute atomic E-state index is 0.0348. The van der Waals surface area contributed by atoms with E-state index < -0.39 is 0 Å². The van der Waals surface area contributed by atoms with E-state index in [2.05, 4.69) is 70.1 Å². The first kappa shape index (κ1) is 14.6. The Hall–Kier alpha value is -1.28. The molecule has 2 aliphatic carbocycles. The smallest absolute Gasteiger partial charge is 0.0815 e. The monoisotopic (exact) mass is 285 g/mol. The maximum atomic E-state index is 10.8. The fraction of sp³-hybridized carbons (Fsp3) is 0.579. The summed E-state index contributed by atoms with van der Waals surface area (Å²) < 4.78 is 0. The molecular formula is C19H27NO. The molecule has 0 aromatic heterocycles. The average Bonchev–Trinajstić information content (AvgIpc) is 2.74. The van der Waals surface area contributed by atoms with Gasteiger partial charge in [0.05, 0.1) is 6.10 Å². The Morgan fingerprint density at radius 2 is 1.76 bits per heavy atom. The van der Waals surface area contributed by atoms with Gasteiger partial charge in [0.25, 0.3) is 0 Å². The van der Waals surface area contributed by atoms with E-state index in [0.717, 1.165) is 6.42 Å². The third-order valence-corrected chi connectivity index (χ3v) is 6.36. The van der Waals surface area contributed by atoms with Crippen LogP contribution in [0.2, 0.25) is 0 Å². The zero-order valence-electron chi connectivity index (χ0n) is 13.9. The molecule has 0 spiro atoms. The van der Waals surface area contributed by atoms with E-state index in [1.807, 2.05) is 0 Å². The van der Waals surface area contributed by atoms with Gasteiger partial charge in [0, 0.05) is 25.2 Å². The van der Waals surface area contributed by atoms with Gasteiger partial charge in [-0.05, 0) is 47.4 Å². The molecule has 114 valence electrons. The van der Waals surface area contributed by atoms with Crippen LogP contribution >= 0.6 is 0 Å². The Morgan fingerprint density at radius 1 is 1.14 bits per heavy atom. The van der Waals surface area contributed by atoms with Crippen LogP contribution < -0.4 is 4.90 Å². The second-order valence-corrected chi connectivity index (χ2v) is 7.76. The minimum Gasteiger partial charge on any atom is -0.388 e. The van der Waals surface area contributed by atoms with Crippen molar-refractivity contribution in [2.45, 2.75) is 39.7 Å². The highest BCUT2D eigenvalue weighted by Crippen LogP contribution is 2.67. The van der Waals surface area contributed by atoms with Crippen LogP contribution in [-0.4, -0.2) is 25.3 Å². The molecule has 2 bridgehead atoms. The third kappa shape index (κ3) is 1.96. The van der Waals surface area contributed by atoms with Crippen LogP contribution in [0.4, 0.5) is 5.69 Å². The molecule has 1 aromatic rings. The lowest BCUT2D eigenvalue weighted by molar-refractivity contribution is 0.0264. The van der Waals surface area contributed by atoms with Crippen LogP contribution in [0.25, 0.3) is 6.08 Å². The lowest BCUT2D eigenvalue weighted by atomic mass is 9.70. The normalized spacial score (nSPS) is 35.4. The summed E-state index contributed by atoms with van der Waals surface area (Å²) in [5, 5.41) is 10.8. The molecule has 3 rings (SSSR count). The molecule has 3 unspecified atom stereocenters. The standard InChI is InChI=1S/C19H27NO/c1-18(2)16-10-11-19(18,3)17(21)15(16)12-13-6-8-14(9-7-13)20(4)5/h6-9,12,16-17,21H,10-11H2,1-5H3. The highest BCUT2D eigenvalue weighted by molar-refractivity contribution is 5.60. The first-order chi connectivity index (χ1) is 9.77. The predicted octanol–water partition coefficient (Wildman–Crippen LogP) is 3.95. The molecule has 3 atom stereocenters. The third-order valence-electron chi connectivity index (χ3n) is 6.36. The Labute approximate surface area is 128 Å². The van der Waals surface area contributed by atoms with Gasteiger partial charge in [-0.1, -0.05) is 39.0 Å². The van der Waals surface area contributed by atoms with E-state index in [1.165, 1.54) is 23.2 Å². The maximum absolute atomic E-state index is 10.8. The van der Waals surface area contributed by atoms with Crippen LogP contribution in [0.15, 0.2) is 29.8 Å². The number of aliphatic hydroxyl groups excluding tert-OH is 1. The lowest BCUT2D eigenvalue weighted by Crippen LogP contribution is -2.35. The van der Waals surface area contributed by atoms with Crippen molar-refractivity contribution in [1.29, 1.82) is 0 Å². The van der Waals surface area contributed by atoms with Crippen LogP contribution in [0.1, 0.15) is 39.2 Å². The zero-order chi connectivity index (χ0) is 15.4. The van der Waals surface area contributed by atoms with Crippen molar-refractivity contribution in [1.82, 2.24) is 0 Å². The number of hydrogen-bond donors (Lipinski definition) is 1. The van der Waals surface area contributed by atoms with Gasteiger partial charge in [0.1, 0.15) is 0 Å². The van der Waals surface area contributed by atoms with Crippen LogP contribution in [0, 0.1) is 16.7 Å². The van der Waals surface area contributed by atoms with Crippen LogP contribution in [0.5, 0.6) is 0 Å². The van der Waals surface area contributed by atoms with E-state index in [4.69, 9.17) is 0 Å². The van der Waals surface area contributed by atoms with E-state index in [0.29, 0.717) is 5.92 Å². The number of anilines is 1. The quantitative estimate of drug-likeness (QED) is 0.889. The number of nitrogens with zero attached hydrogens (tertiary/aromatic N) is 1. The van der Waals surface area contributed by atoms with Gasteiger partial charge in [0.2, 0.25) is 0 Å². The van der Waals surface area contributed by atoms with Crippen molar-refractivity contribution < 1.29 is 5.11 Å². The van der Waals surface area contributed by atoms with Gasteiger partial charge in [-0.3, -0.25) is 0 Å². The Balaban J connectivity index is 1.94. The summed E-state index contributed by atoms with van der Waals surface area (Å²) in [7, 11) is 4.10. The van der Waals surface area contributed by atoms with E-state index in [1.54, 1.807) is 0 Å². The summed E-state index contributed by atoms with van der Waals surface area (Å²) in [6.45, 7) is 6.90. The first-order valence-electron chi connectivity index (χ1n) is 7.94. The van der Waals surface area contributed by atoms with E-state index in [-0.39, 0.29) is 16.9 Å². The number of rotatable bonds is 2. The SMILES string of the molecule is CN(C)c1ccc(C=C2C3CCC(C)(C2O)C3(C)C)cc1. The molecule has 0 amide bonds. The molecule has 2 aliphatic rings. The van der Waals surface area contributed by atoms with Gasteiger partial charge in [-0.15, -0.1) is 0 Å². The van der Waals surface area contributed by atoms with Gasteiger partial charge in [-0.2, -0.15) is 0 Å². The van der Waals surface area contributed by atoms with Crippen LogP contribution in [0.3, 0.4) is 0 Å². The molecule has 2 nitrogen and oxygen atoms in total. The predicted molar refractivity (Wildman–Crippen MR) is 89.4 cm³/mol. The van der Waals surface area contributed by atoms with Crippen molar-refractivity contribution in [2.75, 3.05) is 19.0 Å². The second kappa shape index (κ2) is 4.61. The number of fused-ring (bicyclic) bond motifs is 2. The summed E-state index contributed by atoms with van der Waals surface area (Å²) in [6, 6.07) is 8.57. The van der Waals surface area contributed by atoms with E-state index >= 15 is 0 Å². The zero-order valence-corrected chi connectivity index (χ0v) is 13.9. The summed E-state index contributed by atoms with van der Waals surface area (Å²) in [5.41, 5.74) is 3.88. The molecule has 0 saturated heterocycles. The summed E-state index contributed by atoms with van der Waals surface area (Å²) in [5.74, 6) is 0.519. The molecule has 2 saturated carbocycles. The highest BCUT2D eigenvalue weighted by atomic mass is 16.3. The van der Waals surface area contributed by atoms with Gasteiger partial charge < -0.3 is 10.0 Å². The Morgan fingerprint density at radius 3 is 2.24 bits per heavy atom. The number of benzene rings is 1. The molecule has 2 heteroatoms. The van der Waals surface area contributed by atoms with Gasteiger partial charge in [-0.25, -0.2) is 0 Å². The van der Waals surface area contributed by atoms with Crippen molar-refractivity contribution in [3.8, 4) is 0 Å². The van der Waals surface area contributed by atoms with Crippen molar-refractivity contribution in [3.05, 3.63) is 35.4 Å². The summed E-state index contributed by atoms with van der Waals surface area (Å²) >= 11 is 0. The molecule has 21 heavy (non-hydrogen) atoms. The average molecular weight is 285 g/mol. The molecule has 2 fully saturated rings. The molecule has 1 aromatic carbocycles. The minimum atomic E-state index is -0.292. The Bertz CT molecular complexity index is 570. The molecular weight excluding hydrogens is 258 g/mol. The maximum Gasteiger partial charge on any atom is 0.0815 e. The highest BCUT2D eigenvalue weighted by Gasteiger charge is 2.63. The largest absolute Gasteiger partial charge is 0.388 e. The summed E-state index contributed by atoms with van der Waals surface area (Å²) in [4.78, 5) is 2.10. The second-order valence-electron chi connectivity index (χ2n) is 7.76. The van der Waals surface area contributed by atoms with Crippen molar-refractivity contribution in [3.63, 3.8) is 0 Å². The Kier molecular flexibility index (Phi) is 3.21. The molecule has 0 heterocycles. The van der Waals surface area contributed by atoms with Gasteiger partial charge in [0.15, 0.2) is 0 Å². The van der Waals surface area contributed by atoms with Crippen molar-refractivity contribution >= 4 is 11.8 Å². The summed E-state index contributed by atoms with van der Waals surface area (Å²) in [6.07, 6.45) is 4.28. The molecule has 0 radical (unpaired) electrons. The van der Waals surface area contributed by atoms with Crippen molar-refractivity contribution in [2.24, 2.45) is 16.7 Å². The fourth-order valence-corrected chi connectivity index (χ4v) is 4.40. The fourth-order valence-electron chi connectivity index (χ4n) is 4.40.